The molecule has 0 bridgehead atoms. The zero-order valence-corrected chi connectivity index (χ0v) is 8.82. The van der Waals surface area contributed by atoms with Gasteiger partial charge in [-0.15, -0.1) is 0 Å². The minimum atomic E-state index is -0.0497. The standard InChI is InChI=1S/C11H17N3O/c12-11-7-10(6-9(8-15)13-11)14-4-2-1-3-5-14/h6-7,15H,1-5,8H2,(H2,12,13). The van der Waals surface area contributed by atoms with E-state index in [0.29, 0.717) is 11.5 Å². The van der Waals surface area contributed by atoms with Gasteiger partial charge in [-0.25, -0.2) is 4.98 Å². The van der Waals surface area contributed by atoms with Crippen LogP contribution in [0.25, 0.3) is 0 Å². The van der Waals surface area contributed by atoms with Crippen LogP contribution in [0.4, 0.5) is 11.5 Å². The maximum atomic E-state index is 9.05. The van der Waals surface area contributed by atoms with Crippen molar-refractivity contribution in [2.75, 3.05) is 23.7 Å². The summed E-state index contributed by atoms with van der Waals surface area (Å²) in [5, 5.41) is 9.05. The second-order valence-corrected chi connectivity index (χ2v) is 3.95. The molecule has 82 valence electrons. The first-order valence-corrected chi connectivity index (χ1v) is 5.42. The van der Waals surface area contributed by atoms with E-state index in [1.807, 2.05) is 12.1 Å². The number of aliphatic hydroxyl groups excluding tert-OH is 1. The Morgan fingerprint density at radius 1 is 1.27 bits per heavy atom. The Labute approximate surface area is 89.7 Å². The lowest BCUT2D eigenvalue weighted by Gasteiger charge is -2.29. The van der Waals surface area contributed by atoms with Crippen LogP contribution in [-0.2, 0) is 6.61 Å². The van der Waals surface area contributed by atoms with Gasteiger partial charge in [-0.1, -0.05) is 0 Å². The SMILES string of the molecule is Nc1cc(N2CCCCC2)cc(CO)n1. The van der Waals surface area contributed by atoms with Crippen molar-refractivity contribution in [3.63, 3.8) is 0 Å². The number of pyridine rings is 1. The van der Waals surface area contributed by atoms with Crippen molar-refractivity contribution in [1.82, 2.24) is 4.98 Å². The molecule has 3 N–H and O–H groups in total. The van der Waals surface area contributed by atoms with Crippen molar-refractivity contribution in [2.24, 2.45) is 0 Å². The maximum Gasteiger partial charge on any atom is 0.125 e. The average molecular weight is 207 g/mol. The lowest BCUT2D eigenvalue weighted by molar-refractivity contribution is 0.277. The van der Waals surface area contributed by atoms with Gasteiger partial charge in [-0.05, 0) is 25.3 Å². The van der Waals surface area contributed by atoms with Crippen molar-refractivity contribution >= 4 is 11.5 Å². The molecule has 1 aromatic heterocycles. The summed E-state index contributed by atoms with van der Waals surface area (Å²) in [6.07, 6.45) is 3.78. The fourth-order valence-corrected chi connectivity index (χ4v) is 2.01. The smallest absolute Gasteiger partial charge is 0.125 e. The minimum absolute atomic E-state index is 0.0497. The lowest BCUT2D eigenvalue weighted by Crippen LogP contribution is -2.29. The molecule has 2 heterocycles. The Balaban J connectivity index is 2.22. The molecule has 1 aliphatic heterocycles. The molecule has 4 heteroatoms. The zero-order valence-electron chi connectivity index (χ0n) is 8.82. The van der Waals surface area contributed by atoms with E-state index in [-0.39, 0.29) is 6.61 Å². The molecule has 1 fully saturated rings. The summed E-state index contributed by atoms with van der Waals surface area (Å²) in [5.41, 5.74) is 7.43. The van der Waals surface area contributed by atoms with Crippen LogP contribution in [0.2, 0.25) is 0 Å². The molecule has 4 nitrogen and oxygen atoms in total. The Kier molecular flexibility index (Phi) is 3.06. The van der Waals surface area contributed by atoms with Gasteiger partial charge >= 0.3 is 0 Å². The van der Waals surface area contributed by atoms with Crippen LogP contribution in [0.3, 0.4) is 0 Å². The number of nitrogens with zero attached hydrogens (tertiary/aromatic N) is 2. The van der Waals surface area contributed by atoms with Gasteiger partial charge in [-0.2, -0.15) is 0 Å². The van der Waals surface area contributed by atoms with E-state index in [1.54, 1.807) is 0 Å². The summed E-state index contributed by atoms with van der Waals surface area (Å²) in [5.74, 6) is 0.488. The number of aliphatic hydroxyl groups is 1. The summed E-state index contributed by atoms with van der Waals surface area (Å²) in [4.78, 5) is 6.35. The summed E-state index contributed by atoms with van der Waals surface area (Å²) in [7, 11) is 0. The number of anilines is 2. The minimum Gasteiger partial charge on any atom is -0.390 e. The first-order valence-electron chi connectivity index (χ1n) is 5.42. The van der Waals surface area contributed by atoms with Crippen LogP contribution < -0.4 is 10.6 Å². The molecule has 0 unspecified atom stereocenters. The van der Waals surface area contributed by atoms with E-state index in [2.05, 4.69) is 9.88 Å². The highest BCUT2D eigenvalue weighted by Gasteiger charge is 2.12. The molecule has 1 aliphatic rings. The molecule has 0 amide bonds. The second kappa shape index (κ2) is 4.49. The first kappa shape index (κ1) is 10.2. The molecule has 1 saturated heterocycles. The Hall–Kier alpha value is -1.29. The number of nitrogens with two attached hydrogens (primary N) is 1. The van der Waals surface area contributed by atoms with Crippen molar-refractivity contribution in [3.8, 4) is 0 Å². The van der Waals surface area contributed by atoms with Gasteiger partial charge in [0, 0.05) is 24.8 Å². The van der Waals surface area contributed by atoms with Crippen LogP contribution in [0.15, 0.2) is 12.1 Å². The van der Waals surface area contributed by atoms with E-state index in [0.717, 1.165) is 18.8 Å². The van der Waals surface area contributed by atoms with Gasteiger partial charge < -0.3 is 15.7 Å². The maximum absolute atomic E-state index is 9.05. The fourth-order valence-electron chi connectivity index (χ4n) is 2.01. The molecule has 0 aromatic carbocycles. The van der Waals surface area contributed by atoms with E-state index in [4.69, 9.17) is 10.8 Å². The van der Waals surface area contributed by atoms with E-state index >= 15 is 0 Å². The second-order valence-electron chi connectivity index (χ2n) is 3.95. The van der Waals surface area contributed by atoms with Gasteiger partial charge in [0.05, 0.1) is 12.3 Å². The molecule has 15 heavy (non-hydrogen) atoms. The van der Waals surface area contributed by atoms with E-state index in [1.165, 1.54) is 19.3 Å². The largest absolute Gasteiger partial charge is 0.390 e. The normalized spacial score (nSPS) is 16.7. The van der Waals surface area contributed by atoms with Gasteiger partial charge in [0.25, 0.3) is 0 Å². The zero-order chi connectivity index (χ0) is 10.7. The quantitative estimate of drug-likeness (QED) is 0.763. The number of nitrogen functional groups attached to an aromatic ring is 1. The van der Waals surface area contributed by atoms with Crippen LogP contribution in [0.5, 0.6) is 0 Å². The molecule has 2 rings (SSSR count). The van der Waals surface area contributed by atoms with E-state index in [9.17, 15) is 0 Å². The highest BCUT2D eigenvalue weighted by molar-refractivity contribution is 5.54. The molecule has 0 atom stereocenters. The van der Waals surface area contributed by atoms with Crippen LogP contribution >= 0.6 is 0 Å². The average Bonchev–Trinajstić information content (AvgIpc) is 2.29. The number of piperidine rings is 1. The summed E-state index contributed by atoms with van der Waals surface area (Å²) >= 11 is 0. The molecular weight excluding hydrogens is 190 g/mol. The molecule has 1 aromatic rings. The van der Waals surface area contributed by atoms with Crippen LogP contribution in [0.1, 0.15) is 25.0 Å². The highest BCUT2D eigenvalue weighted by Crippen LogP contribution is 2.22. The monoisotopic (exact) mass is 207 g/mol. The van der Waals surface area contributed by atoms with E-state index < -0.39 is 0 Å². The topological polar surface area (TPSA) is 62.4 Å². The first-order chi connectivity index (χ1) is 7.29. The molecule has 0 spiro atoms. The van der Waals surface area contributed by atoms with Gasteiger partial charge in [0.1, 0.15) is 5.82 Å². The Morgan fingerprint density at radius 3 is 2.67 bits per heavy atom. The summed E-state index contributed by atoms with van der Waals surface area (Å²) in [6.45, 7) is 2.11. The highest BCUT2D eigenvalue weighted by atomic mass is 16.3. The summed E-state index contributed by atoms with van der Waals surface area (Å²) < 4.78 is 0. The number of rotatable bonds is 2. The predicted molar refractivity (Wildman–Crippen MR) is 60.6 cm³/mol. The van der Waals surface area contributed by atoms with Crippen molar-refractivity contribution < 1.29 is 5.11 Å². The lowest BCUT2D eigenvalue weighted by atomic mass is 10.1. The van der Waals surface area contributed by atoms with Crippen molar-refractivity contribution in [1.29, 1.82) is 0 Å². The third-order valence-corrected chi connectivity index (χ3v) is 2.77. The summed E-state index contributed by atoms with van der Waals surface area (Å²) in [6, 6.07) is 3.80. The Bertz CT molecular complexity index is 335. The van der Waals surface area contributed by atoms with Gasteiger partial charge in [-0.3, -0.25) is 0 Å². The van der Waals surface area contributed by atoms with Gasteiger partial charge in [0.15, 0.2) is 0 Å². The number of hydrogen-bond donors (Lipinski definition) is 2. The van der Waals surface area contributed by atoms with Crippen LogP contribution in [-0.4, -0.2) is 23.2 Å². The predicted octanol–water partition coefficient (Wildman–Crippen LogP) is 1.15. The molecule has 0 radical (unpaired) electrons. The number of hydrogen-bond acceptors (Lipinski definition) is 4. The van der Waals surface area contributed by atoms with Gasteiger partial charge in [0.2, 0.25) is 0 Å². The van der Waals surface area contributed by atoms with Crippen molar-refractivity contribution in [2.45, 2.75) is 25.9 Å². The molecule has 0 aliphatic carbocycles. The molecular formula is C11H17N3O. The Morgan fingerprint density at radius 2 is 2.00 bits per heavy atom. The third kappa shape index (κ3) is 2.39. The molecule has 0 saturated carbocycles. The third-order valence-electron chi connectivity index (χ3n) is 2.77. The van der Waals surface area contributed by atoms with Crippen LogP contribution in [0, 0.1) is 0 Å². The number of aromatic nitrogens is 1. The van der Waals surface area contributed by atoms with Crippen molar-refractivity contribution in [3.05, 3.63) is 17.8 Å². The fraction of sp³-hybridized carbons (Fsp3) is 0.545.